The fraction of sp³-hybridized carbons (Fsp3) is 0.688. The molecule has 5 heteroatoms. The van der Waals surface area contributed by atoms with E-state index >= 15 is 0 Å². The molecule has 0 aliphatic heterocycles. The van der Waals surface area contributed by atoms with E-state index in [1.807, 2.05) is 6.07 Å². The monoisotopic (exact) mass is 310 g/mol. The highest BCUT2D eigenvalue weighted by Gasteiger charge is 2.18. The van der Waals surface area contributed by atoms with E-state index in [-0.39, 0.29) is 5.03 Å². The molecule has 1 aromatic rings. The van der Waals surface area contributed by atoms with Gasteiger partial charge in [0.2, 0.25) is 0 Å². The van der Waals surface area contributed by atoms with Crippen LogP contribution in [0.5, 0.6) is 0 Å². The topological polar surface area (TPSA) is 59.1 Å². The van der Waals surface area contributed by atoms with Crippen molar-refractivity contribution in [2.24, 2.45) is 5.92 Å². The van der Waals surface area contributed by atoms with Crippen LogP contribution in [0.25, 0.3) is 0 Å². The minimum Gasteiger partial charge on any atom is -0.381 e. The number of pyridine rings is 1. The normalized spacial score (nSPS) is 23.5. The summed E-state index contributed by atoms with van der Waals surface area (Å²) in [5.74, 6) is 0.882. The molecule has 1 N–H and O–H groups in total. The van der Waals surface area contributed by atoms with Gasteiger partial charge in [0.1, 0.15) is 0 Å². The number of rotatable bonds is 5. The molecule has 2 rings (SSSR count). The molecule has 0 amide bonds. The van der Waals surface area contributed by atoms with Gasteiger partial charge in [-0.25, -0.2) is 13.4 Å². The Balaban J connectivity index is 1.92. The van der Waals surface area contributed by atoms with Gasteiger partial charge in [-0.05, 0) is 37.3 Å². The second-order valence-corrected chi connectivity index (χ2v) is 8.12. The lowest BCUT2D eigenvalue weighted by Crippen LogP contribution is -2.18. The van der Waals surface area contributed by atoms with Crippen LogP contribution in [0.2, 0.25) is 0 Å². The number of nitrogens with zero attached hydrogens (tertiary/aromatic N) is 1. The Kier molecular flexibility index (Phi) is 5.62. The van der Waals surface area contributed by atoms with Crippen LogP contribution in [-0.2, 0) is 9.84 Å². The summed E-state index contributed by atoms with van der Waals surface area (Å²) in [4.78, 5) is 4.03. The Labute approximate surface area is 128 Å². The number of aromatic nitrogens is 1. The lowest BCUT2D eigenvalue weighted by molar-refractivity contribution is 0.422. The Morgan fingerprint density at radius 2 is 2.05 bits per heavy atom. The van der Waals surface area contributed by atoms with Crippen molar-refractivity contribution in [3.63, 3.8) is 0 Å². The van der Waals surface area contributed by atoms with E-state index in [0.29, 0.717) is 6.04 Å². The zero-order valence-corrected chi connectivity index (χ0v) is 13.8. The maximum Gasteiger partial charge on any atom is 0.192 e. The van der Waals surface area contributed by atoms with E-state index in [1.54, 1.807) is 12.3 Å². The zero-order chi connectivity index (χ0) is 15.3. The van der Waals surface area contributed by atoms with Gasteiger partial charge in [0, 0.05) is 12.3 Å². The van der Waals surface area contributed by atoms with Crippen LogP contribution >= 0.6 is 0 Å². The highest BCUT2D eigenvalue weighted by molar-refractivity contribution is 7.90. The first-order valence-electron chi connectivity index (χ1n) is 7.91. The third-order valence-corrected chi connectivity index (χ3v) is 5.27. The van der Waals surface area contributed by atoms with Crippen LogP contribution < -0.4 is 5.32 Å². The van der Waals surface area contributed by atoms with Crippen LogP contribution in [0.3, 0.4) is 0 Å². The highest BCUT2D eigenvalue weighted by Crippen LogP contribution is 2.28. The summed E-state index contributed by atoms with van der Waals surface area (Å²) >= 11 is 0. The van der Waals surface area contributed by atoms with Gasteiger partial charge in [-0.3, -0.25) is 0 Å². The average Bonchev–Trinajstić information content (AvgIpc) is 2.65. The molecule has 0 bridgehead atoms. The molecule has 4 nitrogen and oxygen atoms in total. The Hall–Kier alpha value is -1.10. The van der Waals surface area contributed by atoms with Crippen molar-refractivity contribution in [2.45, 2.75) is 62.9 Å². The SMILES string of the molecule is CCCC1CCCC(Nc2ccc(S(C)(=O)=O)nc2)CC1. The van der Waals surface area contributed by atoms with E-state index in [1.165, 1.54) is 51.2 Å². The van der Waals surface area contributed by atoms with Crippen molar-refractivity contribution in [3.05, 3.63) is 18.3 Å². The summed E-state index contributed by atoms with van der Waals surface area (Å²) in [5, 5.41) is 3.64. The minimum absolute atomic E-state index is 0.136. The van der Waals surface area contributed by atoms with Gasteiger partial charge in [0.25, 0.3) is 0 Å². The second kappa shape index (κ2) is 7.25. The van der Waals surface area contributed by atoms with Crippen LogP contribution in [0.4, 0.5) is 5.69 Å². The van der Waals surface area contributed by atoms with Crippen molar-refractivity contribution in [1.82, 2.24) is 4.98 Å². The molecular formula is C16H26N2O2S. The van der Waals surface area contributed by atoms with Gasteiger partial charge in [0.15, 0.2) is 14.9 Å². The summed E-state index contributed by atoms with van der Waals surface area (Å²) in [6.45, 7) is 2.26. The molecule has 1 saturated carbocycles. The maximum absolute atomic E-state index is 11.4. The van der Waals surface area contributed by atoms with Crippen LogP contribution in [-0.4, -0.2) is 25.7 Å². The molecule has 0 aromatic carbocycles. The number of nitrogens with one attached hydrogen (secondary N) is 1. The Morgan fingerprint density at radius 1 is 1.24 bits per heavy atom. The van der Waals surface area contributed by atoms with Crippen LogP contribution in [0.1, 0.15) is 51.9 Å². The van der Waals surface area contributed by atoms with Gasteiger partial charge >= 0.3 is 0 Å². The summed E-state index contributed by atoms with van der Waals surface area (Å²) in [6.07, 6.45) is 11.7. The molecule has 0 spiro atoms. The third-order valence-electron chi connectivity index (χ3n) is 4.27. The highest BCUT2D eigenvalue weighted by atomic mass is 32.2. The first-order valence-corrected chi connectivity index (χ1v) is 9.81. The second-order valence-electron chi connectivity index (χ2n) is 6.16. The molecule has 2 unspecified atom stereocenters. The first kappa shape index (κ1) is 16.3. The van der Waals surface area contributed by atoms with Crippen molar-refractivity contribution < 1.29 is 8.42 Å². The quantitative estimate of drug-likeness (QED) is 0.843. The molecule has 1 aromatic heterocycles. The molecule has 1 aliphatic rings. The first-order chi connectivity index (χ1) is 9.99. The third kappa shape index (κ3) is 4.99. The van der Waals surface area contributed by atoms with Gasteiger partial charge in [-0.2, -0.15) is 0 Å². The Bertz CT molecular complexity index is 540. The van der Waals surface area contributed by atoms with E-state index < -0.39 is 9.84 Å². The summed E-state index contributed by atoms with van der Waals surface area (Å²) in [7, 11) is -3.21. The zero-order valence-electron chi connectivity index (χ0n) is 13.0. The number of hydrogen-bond acceptors (Lipinski definition) is 4. The van der Waals surface area contributed by atoms with Crippen molar-refractivity contribution >= 4 is 15.5 Å². The lowest BCUT2D eigenvalue weighted by atomic mass is 9.95. The molecular weight excluding hydrogens is 284 g/mol. The molecule has 1 heterocycles. The predicted molar refractivity (Wildman–Crippen MR) is 86.2 cm³/mol. The molecule has 118 valence electrons. The Morgan fingerprint density at radius 3 is 2.67 bits per heavy atom. The van der Waals surface area contributed by atoms with Gasteiger partial charge in [-0.1, -0.05) is 32.6 Å². The van der Waals surface area contributed by atoms with Crippen LogP contribution in [0, 0.1) is 5.92 Å². The van der Waals surface area contributed by atoms with Crippen LogP contribution in [0.15, 0.2) is 23.4 Å². The lowest BCUT2D eigenvalue weighted by Gasteiger charge is -2.18. The molecule has 0 saturated heterocycles. The average molecular weight is 310 g/mol. The molecule has 1 fully saturated rings. The van der Waals surface area contributed by atoms with E-state index in [2.05, 4.69) is 17.2 Å². The summed E-state index contributed by atoms with van der Waals surface area (Å²) in [6, 6.07) is 3.88. The van der Waals surface area contributed by atoms with Gasteiger partial charge < -0.3 is 5.32 Å². The molecule has 21 heavy (non-hydrogen) atoms. The maximum atomic E-state index is 11.4. The van der Waals surface area contributed by atoms with Crippen molar-refractivity contribution in [3.8, 4) is 0 Å². The number of anilines is 1. The summed E-state index contributed by atoms with van der Waals surface area (Å²) < 4.78 is 22.8. The molecule has 2 atom stereocenters. The van der Waals surface area contributed by atoms with Crippen molar-refractivity contribution in [1.29, 1.82) is 0 Å². The van der Waals surface area contributed by atoms with E-state index in [0.717, 1.165) is 11.6 Å². The van der Waals surface area contributed by atoms with Gasteiger partial charge in [-0.15, -0.1) is 0 Å². The fourth-order valence-electron chi connectivity index (χ4n) is 3.14. The minimum atomic E-state index is -3.21. The van der Waals surface area contributed by atoms with Crippen molar-refractivity contribution in [2.75, 3.05) is 11.6 Å². The van der Waals surface area contributed by atoms with E-state index in [9.17, 15) is 8.42 Å². The predicted octanol–water partition coefficient (Wildman–Crippen LogP) is 3.65. The standard InChI is InChI=1S/C16H26N2O2S/c1-3-5-13-6-4-7-14(9-8-13)18-15-10-11-16(17-12-15)21(2,19)20/h10-14,18H,3-9H2,1-2H3. The largest absolute Gasteiger partial charge is 0.381 e. The van der Waals surface area contributed by atoms with Gasteiger partial charge in [0.05, 0.1) is 11.9 Å². The molecule has 0 radical (unpaired) electrons. The number of hydrogen-bond donors (Lipinski definition) is 1. The van der Waals surface area contributed by atoms with E-state index in [4.69, 9.17) is 0 Å². The fourth-order valence-corrected chi connectivity index (χ4v) is 3.70. The number of sulfone groups is 1. The molecule has 1 aliphatic carbocycles. The summed E-state index contributed by atoms with van der Waals surface area (Å²) in [5.41, 5.74) is 0.918. The smallest absolute Gasteiger partial charge is 0.192 e.